The summed E-state index contributed by atoms with van der Waals surface area (Å²) in [5.74, 6) is -1.36. The van der Waals surface area contributed by atoms with Gasteiger partial charge in [0.2, 0.25) is 0 Å². The van der Waals surface area contributed by atoms with Gasteiger partial charge in [-0.2, -0.15) is 0 Å². The average molecular weight is 370 g/mol. The van der Waals surface area contributed by atoms with Crippen molar-refractivity contribution in [2.75, 3.05) is 11.9 Å². The van der Waals surface area contributed by atoms with Gasteiger partial charge in [-0.25, -0.2) is 0 Å². The minimum atomic E-state index is -0.728. The van der Waals surface area contributed by atoms with Crippen LogP contribution in [0.1, 0.15) is 40.2 Å². The zero-order chi connectivity index (χ0) is 20.1. The van der Waals surface area contributed by atoms with Crippen molar-refractivity contribution < 1.29 is 14.3 Å². The van der Waals surface area contributed by atoms with E-state index in [-0.39, 0.29) is 5.41 Å². The molecule has 2 atom stereocenters. The van der Waals surface area contributed by atoms with Crippen molar-refractivity contribution in [1.82, 2.24) is 5.32 Å². The van der Waals surface area contributed by atoms with Gasteiger partial charge in [0.05, 0.1) is 6.04 Å². The molecule has 0 bridgehead atoms. The lowest BCUT2D eigenvalue weighted by Crippen LogP contribution is -2.61. The van der Waals surface area contributed by atoms with E-state index in [2.05, 4.69) is 31.4 Å². The highest BCUT2D eigenvalue weighted by molar-refractivity contribution is 6.39. The lowest BCUT2D eigenvalue weighted by molar-refractivity contribution is -0.139. The maximum absolute atomic E-state index is 12.6. The number of para-hydroxylation sites is 1. The lowest BCUT2D eigenvalue weighted by atomic mass is 9.70. The number of carbonyl (C=O) groups excluding carboxylic acids is 2. The van der Waals surface area contributed by atoms with Crippen molar-refractivity contribution in [3.05, 3.63) is 54.1 Å². The van der Waals surface area contributed by atoms with E-state index in [4.69, 9.17) is 4.74 Å². The summed E-state index contributed by atoms with van der Waals surface area (Å²) in [5, 5.41) is 5.56. The number of benzene rings is 1. The molecule has 1 aromatic rings. The number of ether oxygens (including phenoxy) is 1. The third kappa shape index (κ3) is 4.48. The number of nitrogens with one attached hydrogen (secondary N) is 2. The molecule has 0 fully saturated rings. The molecule has 1 aromatic carbocycles. The average Bonchev–Trinajstić information content (AvgIpc) is 2.63. The fraction of sp³-hybridized carbons (Fsp3) is 0.455. The first-order chi connectivity index (χ1) is 12.7. The highest BCUT2D eigenvalue weighted by atomic mass is 16.5. The molecular weight excluding hydrogens is 340 g/mol. The Labute approximate surface area is 161 Å². The molecule has 0 heterocycles. The molecule has 0 saturated heterocycles. The van der Waals surface area contributed by atoms with Gasteiger partial charge in [0.15, 0.2) is 0 Å². The summed E-state index contributed by atoms with van der Waals surface area (Å²) in [5.41, 5.74) is 0.630. The number of allylic oxidation sites excluding steroid dienone is 2. The van der Waals surface area contributed by atoms with Crippen molar-refractivity contribution >= 4 is 17.5 Å². The zero-order valence-electron chi connectivity index (χ0n) is 16.8. The van der Waals surface area contributed by atoms with Crippen molar-refractivity contribution in [1.29, 1.82) is 0 Å². The Bertz CT molecular complexity index is 746. The van der Waals surface area contributed by atoms with Crippen LogP contribution >= 0.6 is 0 Å². The van der Waals surface area contributed by atoms with Crippen LogP contribution in [0.4, 0.5) is 5.69 Å². The first-order valence-corrected chi connectivity index (χ1v) is 9.45. The van der Waals surface area contributed by atoms with Gasteiger partial charge in [0.25, 0.3) is 0 Å². The predicted molar refractivity (Wildman–Crippen MR) is 108 cm³/mol. The molecule has 1 aliphatic carbocycles. The van der Waals surface area contributed by atoms with Gasteiger partial charge in [0, 0.05) is 12.3 Å². The Morgan fingerprint density at radius 1 is 1.11 bits per heavy atom. The van der Waals surface area contributed by atoms with Gasteiger partial charge >= 0.3 is 11.8 Å². The summed E-state index contributed by atoms with van der Waals surface area (Å²) >= 11 is 0. The Hall–Kier alpha value is -2.40. The topological polar surface area (TPSA) is 67.4 Å². The maximum atomic E-state index is 12.6. The van der Waals surface area contributed by atoms with Crippen molar-refractivity contribution in [3.63, 3.8) is 0 Å². The molecule has 2 unspecified atom stereocenters. The molecule has 0 spiro atoms. The zero-order valence-corrected chi connectivity index (χ0v) is 16.8. The molecule has 5 nitrogen and oxygen atoms in total. The molecule has 146 valence electrons. The van der Waals surface area contributed by atoms with Crippen molar-refractivity contribution in [2.24, 2.45) is 5.41 Å². The van der Waals surface area contributed by atoms with Gasteiger partial charge in [-0.05, 0) is 36.5 Å². The van der Waals surface area contributed by atoms with Crippen LogP contribution in [0.5, 0.6) is 0 Å². The Kier molecular flexibility index (Phi) is 6.60. The van der Waals surface area contributed by atoms with Crippen LogP contribution in [0.25, 0.3) is 0 Å². The minimum absolute atomic E-state index is 0.284. The third-order valence-corrected chi connectivity index (χ3v) is 4.92. The van der Waals surface area contributed by atoms with E-state index in [0.29, 0.717) is 12.3 Å². The molecule has 0 aliphatic heterocycles. The second-order valence-corrected chi connectivity index (χ2v) is 7.64. The van der Waals surface area contributed by atoms with E-state index >= 15 is 0 Å². The standard InChI is InChI=1S/C22H30N2O3/c1-6-16-12-8-9-13-17(16)23-19(25)20(26)24-18-14-10-11-15-22(18,27-7-2)21(3,4)5/h8-15,18H,6-7H2,1-5H3,(H,23,25)(H,24,26). The smallest absolute Gasteiger partial charge is 0.313 e. The van der Waals surface area contributed by atoms with Gasteiger partial charge in [-0.15, -0.1) is 0 Å². The molecule has 0 radical (unpaired) electrons. The minimum Gasteiger partial charge on any atom is -0.368 e. The van der Waals surface area contributed by atoms with Gasteiger partial charge < -0.3 is 15.4 Å². The summed E-state index contributed by atoms with van der Waals surface area (Å²) in [6.07, 6.45) is 8.38. The van der Waals surface area contributed by atoms with Crippen LogP contribution < -0.4 is 10.6 Å². The summed E-state index contributed by atoms with van der Waals surface area (Å²) < 4.78 is 6.10. The Balaban J connectivity index is 2.18. The molecule has 0 saturated carbocycles. The summed E-state index contributed by atoms with van der Waals surface area (Å²) in [4.78, 5) is 25.1. The normalized spacial score (nSPS) is 21.7. The number of hydrogen-bond acceptors (Lipinski definition) is 3. The van der Waals surface area contributed by atoms with Crippen LogP contribution in [0, 0.1) is 5.41 Å². The molecule has 2 rings (SSSR count). The highest BCUT2D eigenvalue weighted by Crippen LogP contribution is 2.40. The van der Waals surface area contributed by atoms with E-state index in [1.54, 1.807) is 6.07 Å². The number of hydrogen-bond donors (Lipinski definition) is 2. The van der Waals surface area contributed by atoms with E-state index in [1.807, 2.05) is 56.4 Å². The van der Waals surface area contributed by atoms with Crippen LogP contribution in [0.15, 0.2) is 48.6 Å². The van der Waals surface area contributed by atoms with E-state index in [0.717, 1.165) is 12.0 Å². The van der Waals surface area contributed by atoms with Crippen LogP contribution in [-0.4, -0.2) is 30.1 Å². The molecule has 2 N–H and O–H groups in total. The first-order valence-electron chi connectivity index (χ1n) is 9.45. The monoisotopic (exact) mass is 370 g/mol. The molecule has 1 aliphatic rings. The maximum Gasteiger partial charge on any atom is 0.313 e. The predicted octanol–water partition coefficient (Wildman–Crippen LogP) is 3.62. The highest BCUT2D eigenvalue weighted by Gasteiger charge is 2.48. The number of amides is 2. The summed E-state index contributed by atoms with van der Waals surface area (Å²) in [6.45, 7) is 10.6. The van der Waals surface area contributed by atoms with Crippen LogP contribution in [0.2, 0.25) is 0 Å². The first kappa shape index (κ1) is 20.9. The SMILES string of the molecule is CCOC1(C(C)(C)C)C=CC=CC1NC(=O)C(=O)Nc1ccccc1CC. The van der Waals surface area contributed by atoms with E-state index in [1.165, 1.54) is 0 Å². The molecule has 0 aromatic heterocycles. The second kappa shape index (κ2) is 8.53. The molecular formula is C22H30N2O3. The fourth-order valence-corrected chi connectivity index (χ4v) is 3.42. The van der Waals surface area contributed by atoms with E-state index in [9.17, 15) is 9.59 Å². The van der Waals surface area contributed by atoms with Crippen molar-refractivity contribution in [2.45, 2.75) is 52.7 Å². The van der Waals surface area contributed by atoms with Crippen molar-refractivity contribution in [3.8, 4) is 0 Å². The number of rotatable bonds is 5. The lowest BCUT2D eigenvalue weighted by Gasteiger charge is -2.47. The Morgan fingerprint density at radius 3 is 2.44 bits per heavy atom. The van der Waals surface area contributed by atoms with Gasteiger partial charge in [0.1, 0.15) is 5.60 Å². The second-order valence-electron chi connectivity index (χ2n) is 7.64. The fourth-order valence-electron chi connectivity index (χ4n) is 3.42. The molecule has 27 heavy (non-hydrogen) atoms. The quantitative estimate of drug-likeness (QED) is 0.778. The van der Waals surface area contributed by atoms with Gasteiger partial charge in [-0.1, -0.05) is 64.1 Å². The van der Waals surface area contributed by atoms with Crippen LogP contribution in [-0.2, 0) is 20.7 Å². The largest absolute Gasteiger partial charge is 0.368 e. The summed E-state index contributed by atoms with van der Waals surface area (Å²) in [7, 11) is 0. The third-order valence-electron chi connectivity index (χ3n) is 4.92. The number of carbonyl (C=O) groups is 2. The van der Waals surface area contributed by atoms with Gasteiger partial charge in [-0.3, -0.25) is 9.59 Å². The van der Waals surface area contributed by atoms with Crippen LogP contribution in [0.3, 0.4) is 0 Å². The van der Waals surface area contributed by atoms with E-state index < -0.39 is 23.5 Å². The Morgan fingerprint density at radius 2 is 1.81 bits per heavy atom. The molecule has 2 amide bonds. The number of anilines is 1. The summed E-state index contributed by atoms with van der Waals surface area (Å²) in [6, 6.07) is 7.03. The number of aryl methyl sites for hydroxylation is 1. The molecule has 5 heteroatoms.